The standard InChI is InChI=1S/C14H17ClN4O3S2/c1-11(19-10-12(15)9-16-19)14(20)17-4-6-18(7-5-17)24(21,22)13-3-2-8-23-13/h2-3,8-11H,4-7H2,1H3. The summed E-state index contributed by atoms with van der Waals surface area (Å²) in [5.41, 5.74) is 0. The highest BCUT2D eigenvalue weighted by atomic mass is 35.5. The maximum Gasteiger partial charge on any atom is 0.252 e. The van der Waals surface area contributed by atoms with Gasteiger partial charge in [-0.25, -0.2) is 8.42 Å². The number of rotatable bonds is 4. The first-order chi connectivity index (χ1) is 11.4. The van der Waals surface area contributed by atoms with Crippen molar-refractivity contribution in [2.75, 3.05) is 26.2 Å². The van der Waals surface area contributed by atoms with Gasteiger partial charge in [-0.05, 0) is 18.4 Å². The van der Waals surface area contributed by atoms with Crippen LogP contribution in [0.25, 0.3) is 0 Å². The molecule has 0 saturated carbocycles. The fourth-order valence-electron chi connectivity index (χ4n) is 2.59. The van der Waals surface area contributed by atoms with Gasteiger partial charge in [0.1, 0.15) is 10.3 Å². The number of hydrogen-bond donors (Lipinski definition) is 0. The summed E-state index contributed by atoms with van der Waals surface area (Å²) >= 11 is 7.03. The summed E-state index contributed by atoms with van der Waals surface area (Å²) in [6, 6.07) is 2.84. The highest BCUT2D eigenvalue weighted by Crippen LogP contribution is 2.23. The van der Waals surface area contributed by atoms with Crippen molar-refractivity contribution in [3.05, 3.63) is 34.9 Å². The van der Waals surface area contributed by atoms with Gasteiger partial charge < -0.3 is 4.90 Å². The lowest BCUT2D eigenvalue weighted by atomic mass is 10.2. The summed E-state index contributed by atoms with van der Waals surface area (Å²) in [6.45, 7) is 3.06. The molecule has 0 spiro atoms. The van der Waals surface area contributed by atoms with Crippen LogP contribution in [0.5, 0.6) is 0 Å². The van der Waals surface area contributed by atoms with Crippen molar-refractivity contribution in [2.24, 2.45) is 0 Å². The molecule has 0 bridgehead atoms. The molecule has 2 aromatic heterocycles. The van der Waals surface area contributed by atoms with E-state index in [1.807, 2.05) is 0 Å². The maximum absolute atomic E-state index is 12.5. The average Bonchev–Trinajstić information content (AvgIpc) is 3.25. The molecule has 1 aliphatic rings. The minimum atomic E-state index is -3.46. The fraction of sp³-hybridized carbons (Fsp3) is 0.429. The van der Waals surface area contributed by atoms with E-state index in [2.05, 4.69) is 5.10 Å². The SMILES string of the molecule is CC(C(=O)N1CCN(S(=O)(=O)c2cccs2)CC1)n1cc(Cl)cn1. The molecule has 10 heteroatoms. The second-order valence-electron chi connectivity index (χ2n) is 5.48. The van der Waals surface area contributed by atoms with E-state index in [1.165, 1.54) is 26.5 Å². The van der Waals surface area contributed by atoms with Crippen molar-refractivity contribution in [1.29, 1.82) is 0 Å². The third kappa shape index (κ3) is 3.34. The number of piperazine rings is 1. The predicted octanol–water partition coefficient (Wildman–Crippen LogP) is 1.69. The van der Waals surface area contributed by atoms with Crippen LogP contribution in [0.4, 0.5) is 0 Å². The normalized spacial score (nSPS) is 17.8. The molecule has 1 aliphatic heterocycles. The van der Waals surface area contributed by atoms with Crippen molar-refractivity contribution >= 4 is 38.9 Å². The summed E-state index contributed by atoms with van der Waals surface area (Å²) in [6.07, 6.45) is 3.08. The molecule has 1 saturated heterocycles. The smallest absolute Gasteiger partial charge is 0.252 e. The number of thiophene rings is 1. The van der Waals surface area contributed by atoms with Gasteiger partial charge in [-0.2, -0.15) is 9.40 Å². The number of hydrogen-bond acceptors (Lipinski definition) is 5. The van der Waals surface area contributed by atoms with E-state index < -0.39 is 16.1 Å². The zero-order valence-corrected chi connectivity index (χ0v) is 15.4. The minimum absolute atomic E-state index is 0.0945. The van der Waals surface area contributed by atoms with Gasteiger partial charge >= 0.3 is 0 Å². The van der Waals surface area contributed by atoms with Crippen molar-refractivity contribution < 1.29 is 13.2 Å². The molecular weight excluding hydrogens is 372 g/mol. The second kappa shape index (κ2) is 6.83. The van der Waals surface area contributed by atoms with Crippen molar-refractivity contribution in [3.63, 3.8) is 0 Å². The van der Waals surface area contributed by atoms with Gasteiger partial charge in [0.05, 0.1) is 11.2 Å². The van der Waals surface area contributed by atoms with E-state index in [4.69, 9.17) is 11.6 Å². The monoisotopic (exact) mass is 388 g/mol. The van der Waals surface area contributed by atoms with Crippen LogP contribution in [0.3, 0.4) is 0 Å². The van der Waals surface area contributed by atoms with Crippen LogP contribution in [0.15, 0.2) is 34.1 Å². The van der Waals surface area contributed by atoms with Crippen LogP contribution in [-0.2, 0) is 14.8 Å². The van der Waals surface area contributed by atoms with Gasteiger partial charge in [0.2, 0.25) is 5.91 Å². The minimum Gasteiger partial charge on any atom is -0.338 e. The number of amides is 1. The Bertz CT molecular complexity index is 811. The molecule has 1 fully saturated rings. The molecule has 0 aromatic carbocycles. The zero-order valence-electron chi connectivity index (χ0n) is 13.0. The van der Waals surface area contributed by atoms with E-state index in [-0.39, 0.29) is 5.91 Å². The summed E-state index contributed by atoms with van der Waals surface area (Å²) in [4.78, 5) is 14.2. The first kappa shape index (κ1) is 17.4. The van der Waals surface area contributed by atoms with Gasteiger partial charge in [0.25, 0.3) is 10.0 Å². The number of carbonyl (C=O) groups is 1. The van der Waals surface area contributed by atoms with E-state index in [0.717, 1.165) is 0 Å². The van der Waals surface area contributed by atoms with Crippen LogP contribution in [-0.4, -0.2) is 59.5 Å². The molecule has 2 aromatic rings. The maximum atomic E-state index is 12.5. The van der Waals surface area contributed by atoms with Gasteiger partial charge in [-0.1, -0.05) is 17.7 Å². The third-order valence-electron chi connectivity index (χ3n) is 3.96. The van der Waals surface area contributed by atoms with E-state index >= 15 is 0 Å². The molecule has 1 atom stereocenters. The van der Waals surface area contributed by atoms with Gasteiger partial charge in [0.15, 0.2) is 0 Å². The lowest BCUT2D eigenvalue weighted by Gasteiger charge is -2.35. The summed E-state index contributed by atoms with van der Waals surface area (Å²) in [5.74, 6) is -0.0945. The lowest BCUT2D eigenvalue weighted by Crippen LogP contribution is -2.51. The lowest BCUT2D eigenvalue weighted by molar-refractivity contribution is -0.135. The number of halogens is 1. The summed E-state index contributed by atoms with van der Waals surface area (Å²) < 4.78 is 28.3. The number of aromatic nitrogens is 2. The van der Waals surface area contributed by atoms with E-state index in [9.17, 15) is 13.2 Å². The van der Waals surface area contributed by atoms with Crippen molar-refractivity contribution in [1.82, 2.24) is 19.0 Å². The molecule has 0 radical (unpaired) electrons. The van der Waals surface area contributed by atoms with Gasteiger partial charge in [-0.15, -0.1) is 11.3 Å². The first-order valence-corrected chi connectivity index (χ1v) is 10.1. The quantitative estimate of drug-likeness (QED) is 0.798. The Kier molecular flexibility index (Phi) is 4.95. The Morgan fingerprint density at radius 1 is 1.33 bits per heavy atom. The molecule has 24 heavy (non-hydrogen) atoms. The van der Waals surface area contributed by atoms with Gasteiger partial charge in [0, 0.05) is 32.4 Å². The van der Waals surface area contributed by atoms with Crippen LogP contribution in [0.1, 0.15) is 13.0 Å². The van der Waals surface area contributed by atoms with E-state index in [1.54, 1.807) is 35.5 Å². The molecule has 0 aliphatic carbocycles. The van der Waals surface area contributed by atoms with Crippen LogP contribution >= 0.6 is 22.9 Å². The van der Waals surface area contributed by atoms with Gasteiger partial charge in [-0.3, -0.25) is 9.48 Å². The Balaban J connectivity index is 1.64. The summed E-state index contributed by atoms with van der Waals surface area (Å²) in [5, 5.41) is 6.27. The summed E-state index contributed by atoms with van der Waals surface area (Å²) in [7, 11) is -3.46. The highest BCUT2D eigenvalue weighted by Gasteiger charge is 2.32. The number of sulfonamides is 1. The molecule has 1 unspecified atom stereocenters. The molecule has 0 N–H and O–H groups in total. The molecule has 3 rings (SSSR count). The average molecular weight is 389 g/mol. The van der Waals surface area contributed by atoms with Crippen LogP contribution in [0.2, 0.25) is 5.02 Å². The predicted molar refractivity (Wildman–Crippen MR) is 91.6 cm³/mol. The Labute approximate surface area is 149 Å². The largest absolute Gasteiger partial charge is 0.338 e. The third-order valence-corrected chi connectivity index (χ3v) is 7.43. The number of carbonyl (C=O) groups excluding carboxylic acids is 1. The van der Waals surface area contributed by atoms with Crippen LogP contribution in [0, 0.1) is 0 Å². The fourth-order valence-corrected chi connectivity index (χ4v) is 5.30. The zero-order chi connectivity index (χ0) is 17.3. The highest BCUT2D eigenvalue weighted by molar-refractivity contribution is 7.91. The molecule has 3 heterocycles. The topological polar surface area (TPSA) is 75.5 Å². The van der Waals surface area contributed by atoms with Crippen molar-refractivity contribution in [2.45, 2.75) is 17.2 Å². The molecule has 1 amide bonds. The second-order valence-corrected chi connectivity index (χ2v) is 9.02. The Morgan fingerprint density at radius 2 is 2.04 bits per heavy atom. The molecular formula is C14H17ClN4O3S2. The molecule has 130 valence electrons. The Morgan fingerprint density at radius 3 is 2.58 bits per heavy atom. The number of nitrogens with zero attached hydrogens (tertiary/aromatic N) is 4. The Hall–Kier alpha value is -1.42. The molecule has 7 nitrogen and oxygen atoms in total. The first-order valence-electron chi connectivity index (χ1n) is 7.41. The van der Waals surface area contributed by atoms with Crippen molar-refractivity contribution in [3.8, 4) is 0 Å². The van der Waals surface area contributed by atoms with Crippen LogP contribution < -0.4 is 0 Å². The van der Waals surface area contributed by atoms with E-state index in [0.29, 0.717) is 35.4 Å².